The first-order valence-corrected chi connectivity index (χ1v) is 7.58. The first kappa shape index (κ1) is 14.5. The van der Waals surface area contributed by atoms with E-state index in [0.717, 1.165) is 11.9 Å². The number of nitrogens with one attached hydrogen (secondary N) is 1. The van der Waals surface area contributed by atoms with Gasteiger partial charge < -0.3 is 10.1 Å². The van der Waals surface area contributed by atoms with Crippen molar-refractivity contribution >= 4 is 10.9 Å². The minimum Gasteiger partial charge on any atom is -0.393 e. The van der Waals surface area contributed by atoms with Gasteiger partial charge in [-0.25, -0.2) is 4.39 Å². The third-order valence-electron chi connectivity index (χ3n) is 4.67. The molecule has 0 saturated heterocycles. The van der Waals surface area contributed by atoms with Crippen LogP contribution >= 0.6 is 0 Å². The number of hydrogen-bond donors (Lipinski definition) is 2. The van der Waals surface area contributed by atoms with Crippen molar-refractivity contribution in [3.63, 3.8) is 0 Å². The van der Waals surface area contributed by atoms with E-state index in [1.54, 1.807) is 0 Å². The minimum absolute atomic E-state index is 0.123. The molecule has 3 atom stereocenters. The van der Waals surface area contributed by atoms with Crippen LogP contribution in [0.2, 0.25) is 0 Å². The lowest BCUT2D eigenvalue weighted by atomic mass is 9.92. The molecule has 0 bridgehead atoms. The molecule has 1 aromatic heterocycles. The average Bonchev–Trinajstić information content (AvgIpc) is 2.83. The van der Waals surface area contributed by atoms with Crippen LogP contribution < -0.4 is 0 Å². The Morgan fingerprint density at radius 2 is 2.10 bits per heavy atom. The third kappa shape index (κ3) is 2.47. The fraction of sp³-hybridized carbons (Fsp3) is 0.529. The van der Waals surface area contributed by atoms with Crippen LogP contribution in [0.15, 0.2) is 24.3 Å². The summed E-state index contributed by atoms with van der Waals surface area (Å²) in [5.41, 5.74) is 2.12. The summed E-state index contributed by atoms with van der Waals surface area (Å²) < 4.78 is 14.2. The molecule has 2 aromatic rings. The molecule has 3 nitrogen and oxygen atoms in total. The fourth-order valence-corrected chi connectivity index (χ4v) is 3.48. The second kappa shape index (κ2) is 5.11. The Hall–Kier alpha value is -1.39. The maximum atomic E-state index is 14.2. The van der Waals surface area contributed by atoms with E-state index in [0.29, 0.717) is 0 Å². The van der Waals surface area contributed by atoms with Crippen molar-refractivity contribution in [3.05, 3.63) is 35.5 Å². The zero-order valence-electron chi connectivity index (χ0n) is 12.9. The van der Waals surface area contributed by atoms with Gasteiger partial charge in [-0.3, -0.25) is 4.90 Å². The molecule has 0 saturated carbocycles. The van der Waals surface area contributed by atoms with Crippen LogP contribution in [0, 0.1) is 0 Å². The van der Waals surface area contributed by atoms with Gasteiger partial charge in [0.25, 0.3) is 0 Å². The number of fused-ring (bicyclic) bond motifs is 3. The predicted molar refractivity (Wildman–Crippen MR) is 83.2 cm³/mol. The minimum atomic E-state index is -1.56. The first-order valence-electron chi connectivity index (χ1n) is 7.58. The van der Waals surface area contributed by atoms with Crippen molar-refractivity contribution in [1.29, 1.82) is 0 Å². The van der Waals surface area contributed by atoms with Gasteiger partial charge >= 0.3 is 0 Å². The summed E-state index contributed by atoms with van der Waals surface area (Å²) in [7, 11) is 0. The number of benzene rings is 1. The molecule has 0 spiro atoms. The van der Waals surface area contributed by atoms with Crippen LogP contribution in [-0.2, 0) is 6.42 Å². The highest BCUT2D eigenvalue weighted by Gasteiger charge is 2.36. The number of nitrogens with zero attached hydrogens (tertiary/aromatic N) is 1. The number of rotatable bonds is 3. The van der Waals surface area contributed by atoms with Gasteiger partial charge in [0.2, 0.25) is 0 Å². The molecular weight excluding hydrogens is 267 g/mol. The van der Waals surface area contributed by atoms with Crippen molar-refractivity contribution in [2.75, 3.05) is 13.2 Å². The topological polar surface area (TPSA) is 39.3 Å². The van der Waals surface area contributed by atoms with Gasteiger partial charge in [-0.1, -0.05) is 18.2 Å². The number of aromatic nitrogens is 1. The van der Waals surface area contributed by atoms with Crippen molar-refractivity contribution in [1.82, 2.24) is 9.88 Å². The molecule has 1 unspecified atom stereocenters. The van der Waals surface area contributed by atoms with Gasteiger partial charge in [0.1, 0.15) is 5.67 Å². The molecule has 1 aliphatic heterocycles. The Morgan fingerprint density at radius 1 is 1.38 bits per heavy atom. The van der Waals surface area contributed by atoms with E-state index >= 15 is 0 Å². The lowest BCUT2D eigenvalue weighted by Crippen LogP contribution is -2.48. The van der Waals surface area contributed by atoms with E-state index in [9.17, 15) is 9.50 Å². The monoisotopic (exact) mass is 290 g/mol. The number of halogens is 1. The summed E-state index contributed by atoms with van der Waals surface area (Å²) in [6.45, 7) is 5.52. The van der Waals surface area contributed by atoms with Gasteiger partial charge in [0.05, 0.1) is 6.61 Å². The maximum Gasteiger partial charge on any atom is 0.143 e. The molecular formula is C17H23FN2O. The second-order valence-electron chi connectivity index (χ2n) is 6.54. The molecule has 2 N–H and O–H groups in total. The van der Waals surface area contributed by atoms with Crippen LogP contribution in [0.25, 0.3) is 10.9 Å². The van der Waals surface area contributed by atoms with E-state index in [-0.39, 0.29) is 18.6 Å². The first-order chi connectivity index (χ1) is 9.93. The normalized spacial score (nSPS) is 25.8. The van der Waals surface area contributed by atoms with Crippen LogP contribution in [-0.4, -0.2) is 39.9 Å². The second-order valence-corrected chi connectivity index (χ2v) is 6.54. The van der Waals surface area contributed by atoms with E-state index in [2.05, 4.69) is 41.9 Å². The largest absolute Gasteiger partial charge is 0.393 e. The zero-order valence-corrected chi connectivity index (χ0v) is 12.9. The van der Waals surface area contributed by atoms with Crippen LogP contribution in [0.4, 0.5) is 4.39 Å². The summed E-state index contributed by atoms with van der Waals surface area (Å²) in [4.78, 5) is 5.64. The van der Waals surface area contributed by atoms with E-state index in [4.69, 9.17) is 0 Å². The highest BCUT2D eigenvalue weighted by molar-refractivity contribution is 5.85. The molecule has 3 rings (SSSR count). The lowest BCUT2D eigenvalue weighted by molar-refractivity contribution is 0.0133. The van der Waals surface area contributed by atoms with Gasteiger partial charge in [-0.05, 0) is 38.8 Å². The standard InChI is InChI=1S/C17H23FN2O/c1-11-8-14-13-6-4-5-7-15(13)19-16(14)12(2)20(11)9-17(3,18)10-21/h4-7,11-12,19,21H,8-10H2,1-3H3/t11-,12-,17?/m1/s1. The molecule has 0 aliphatic carbocycles. The average molecular weight is 290 g/mol. The fourth-order valence-electron chi connectivity index (χ4n) is 3.48. The van der Waals surface area contributed by atoms with Crippen molar-refractivity contribution < 1.29 is 9.50 Å². The maximum absolute atomic E-state index is 14.2. The molecule has 0 fully saturated rings. The molecule has 21 heavy (non-hydrogen) atoms. The predicted octanol–water partition coefficient (Wildman–Crippen LogP) is 3.20. The van der Waals surface area contributed by atoms with E-state index < -0.39 is 12.3 Å². The Morgan fingerprint density at radius 3 is 2.81 bits per heavy atom. The quantitative estimate of drug-likeness (QED) is 0.911. The SMILES string of the molecule is C[C@@H]1Cc2c([nH]c3ccccc23)[C@@H](C)N1CC(C)(F)CO. The molecule has 1 aliphatic rings. The van der Waals surface area contributed by atoms with Gasteiger partial charge in [-0.2, -0.15) is 0 Å². The number of para-hydroxylation sites is 1. The Bertz CT molecular complexity index is 649. The number of aromatic amines is 1. The van der Waals surface area contributed by atoms with Crippen molar-refractivity contribution in [3.8, 4) is 0 Å². The van der Waals surface area contributed by atoms with E-state index in [1.165, 1.54) is 23.6 Å². The summed E-state index contributed by atoms with van der Waals surface area (Å²) in [6, 6.07) is 8.70. The van der Waals surface area contributed by atoms with Gasteiger partial charge in [0.15, 0.2) is 0 Å². The summed E-state index contributed by atoms with van der Waals surface area (Å²) in [5, 5.41) is 10.5. The molecule has 114 valence electrons. The summed E-state index contributed by atoms with van der Waals surface area (Å²) >= 11 is 0. The summed E-state index contributed by atoms with van der Waals surface area (Å²) in [6.07, 6.45) is 0.908. The highest BCUT2D eigenvalue weighted by atomic mass is 19.1. The highest BCUT2D eigenvalue weighted by Crippen LogP contribution is 2.37. The van der Waals surface area contributed by atoms with Gasteiger partial charge in [-0.15, -0.1) is 0 Å². The molecule has 1 aromatic carbocycles. The van der Waals surface area contributed by atoms with Crippen LogP contribution in [0.5, 0.6) is 0 Å². The zero-order chi connectivity index (χ0) is 15.2. The van der Waals surface area contributed by atoms with Crippen molar-refractivity contribution in [2.45, 2.75) is 44.9 Å². The van der Waals surface area contributed by atoms with E-state index in [1.807, 2.05) is 6.07 Å². The van der Waals surface area contributed by atoms with Crippen molar-refractivity contribution in [2.24, 2.45) is 0 Å². The number of hydrogen-bond acceptors (Lipinski definition) is 2. The van der Waals surface area contributed by atoms with Crippen LogP contribution in [0.3, 0.4) is 0 Å². The molecule has 0 radical (unpaired) electrons. The van der Waals surface area contributed by atoms with Crippen LogP contribution in [0.1, 0.15) is 38.1 Å². The smallest absolute Gasteiger partial charge is 0.143 e. The molecule has 0 amide bonds. The molecule has 2 heterocycles. The number of aliphatic hydroxyl groups excluding tert-OH is 1. The Labute approximate surface area is 124 Å². The Kier molecular flexibility index (Phi) is 3.54. The molecule has 4 heteroatoms. The number of alkyl halides is 1. The van der Waals surface area contributed by atoms with Gasteiger partial charge in [0, 0.05) is 35.2 Å². The third-order valence-corrected chi connectivity index (χ3v) is 4.67. The lowest BCUT2D eigenvalue weighted by Gasteiger charge is -2.41. The number of H-pyrrole nitrogens is 1. The summed E-state index contributed by atoms with van der Waals surface area (Å²) in [5.74, 6) is 0. The Balaban J connectivity index is 1.99. The number of aliphatic hydroxyl groups is 1.